The van der Waals surface area contributed by atoms with Gasteiger partial charge < -0.3 is 10.4 Å². The lowest BCUT2D eigenvalue weighted by molar-refractivity contribution is 0.0772. The maximum atomic E-state index is 13.5. The van der Waals surface area contributed by atoms with Gasteiger partial charge in [0, 0.05) is 29.4 Å². The number of aliphatic hydroxyl groups is 1. The molecule has 0 bridgehead atoms. The van der Waals surface area contributed by atoms with Crippen LogP contribution in [0.5, 0.6) is 0 Å². The van der Waals surface area contributed by atoms with E-state index in [1.165, 1.54) is 18.5 Å². The van der Waals surface area contributed by atoms with E-state index in [4.69, 9.17) is 16.7 Å². The summed E-state index contributed by atoms with van der Waals surface area (Å²) in [7, 11) is 0. The van der Waals surface area contributed by atoms with Gasteiger partial charge in [-0.1, -0.05) is 11.6 Å². The van der Waals surface area contributed by atoms with Crippen molar-refractivity contribution in [2.75, 3.05) is 5.32 Å². The van der Waals surface area contributed by atoms with Gasteiger partial charge in [-0.05, 0) is 70.7 Å². The highest BCUT2D eigenvalue weighted by Crippen LogP contribution is 2.38. The fourth-order valence-electron chi connectivity index (χ4n) is 4.48. The van der Waals surface area contributed by atoms with E-state index in [0.717, 1.165) is 47.6 Å². The highest BCUT2D eigenvalue weighted by molar-refractivity contribution is 6.35. The molecule has 1 aliphatic carbocycles. The number of rotatable bonds is 7. The van der Waals surface area contributed by atoms with Crippen LogP contribution in [0.3, 0.4) is 0 Å². The molecule has 1 saturated carbocycles. The molecule has 0 spiro atoms. The van der Waals surface area contributed by atoms with Gasteiger partial charge in [-0.15, -0.1) is 0 Å². The zero-order valence-corrected chi connectivity index (χ0v) is 20.8. The minimum absolute atomic E-state index is 0.304. The quantitative estimate of drug-likeness (QED) is 0.360. The number of anilines is 2. The summed E-state index contributed by atoms with van der Waals surface area (Å²) in [5, 5.41) is 23.5. The van der Waals surface area contributed by atoms with E-state index in [9.17, 15) is 9.50 Å². The second-order valence-corrected chi connectivity index (χ2v) is 9.92. The summed E-state index contributed by atoms with van der Waals surface area (Å²) in [4.78, 5) is 8.71. The first-order valence-electron chi connectivity index (χ1n) is 11.5. The first-order valence-corrected chi connectivity index (χ1v) is 11.9. The topological polar surface area (TPSA) is 93.7 Å². The fourth-order valence-corrected chi connectivity index (χ4v) is 4.78. The number of nitrogens with zero attached hydrogens (tertiary/aromatic N) is 6. The van der Waals surface area contributed by atoms with Crippen LogP contribution in [0.15, 0.2) is 36.7 Å². The predicted octanol–water partition coefficient (Wildman–Crippen LogP) is 5.32. The van der Waals surface area contributed by atoms with Gasteiger partial charge in [0.15, 0.2) is 11.6 Å². The molecule has 35 heavy (non-hydrogen) atoms. The SMILES string of the molecule is Cc1nn(-c2cc(Nc3nn(CC4CC4)c(-c4ccc(F)cc4)c3Cl)ncn2)c(C)c1C(C)(C)O. The summed E-state index contributed by atoms with van der Waals surface area (Å²) in [6, 6.07) is 8.00. The Hall–Kier alpha value is -3.30. The second-order valence-electron chi connectivity index (χ2n) is 9.55. The van der Waals surface area contributed by atoms with Gasteiger partial charge in [0.1, 0.15) is 23.0 Å². The van der Waals surface area contributed by atoms with Gasteiger partial charge in [-0.3, -0.25) is 4.68 Å². The number of hydrogen-bond acceptors (Lipinski definition) is 6. The minimum Gasteiger partial charge on any atom is -0.386 e. The van der Waals surface area contributed by atoms with Crippen LogP contribution in [0, 0.1) is 25.6 Å². The lowest BCUT2D eigenvalue weighted by Gasteiger charge is -2.18. The van der Waals surface area contributed by atoms with Crippen LogP contribution in [0.2, 0.25) is 5.02 Å². The smallest absolute Gasteiger partial charge is 0.173 e. The van der Waals surface area contributed by atoms with Crippen molar-refractivity contribution >= 4 is 23.2 Å². The molecule has 1 fully saturated rings. The number of aryl methyl sites for hydroxylation is 1. The molecule has 5 rings (SSSR count). The molecule has 8 nitrogen and oxygen atoms in total. The molecule has 3 aromatic heterocycles. The van der Waals surface area contributed by atoms with Crippen molar-refractivity contribution in [3.8, 4) is 17.1 Å². The van der Waals surface area contributed by atoms with Crippen LogP contribution in [0.4, 0.5) is 16.0 Å². The Morgan fingerprint density at radius 1 is 1.14 bits per heavy atom. The van der Waals surface area contributed by atoms with E-state index in [1.54, 1.807) is 36.7 Å². The Bertz CT molecular complexity index is 1380. The molecule has 0 unspecified atom stereocenters. The number of aromatic nitrogens is 6. The van der Waals surface area contributed by atoms with Crippen molar-refractivity contribution in [2.45, 2.75) is 52.7 Å². The van der Waals surface area contributed by atoms with Gasteiger partial charge in [0.2, 0.25) is 0 Å². The van der Waals surface area contributed by atoms with Gasteiger partial charge in [-0.25, -0.2) is 19.0 Å². The minimum atomic E-state index is -1.03. The molecular formula is C25H27ClFN7O. The number of hydrogen-bond donors (Lipinski definition) is 2. The Morgan fingerprint density at radius 3 is 2.49 bits per heavy atom. The third-order valence-electron chi connectivity index (χ3n) is 6.16. The normalized spacial score (nSPS) is 13.9. The van der Waals surface area contributed by atoms with Crippen LogP contribution < -0.4 is 5.32 Å². The summed E-state index contributed by atoms with van der Waals surface area (Å²) in [6.45, 7) is 7.98. The number of benzene rings is 1. The molecule has 0 radical (unpaired) electrons. The van der Waals surface area contributed by atoms with Crippen molar-refractivity contribution in [3.05, 3.63) is 64.5 Å². The van der Waals surface area contributed by atoms with Crippen molar-refractivity contribution in [2.24, 2.45) is 5.92 Å². The molecule has 0 saturated heterocycles. The number of nitrogens with one attached hydrogen (secondary N) is 1. The van der Waals surface area contributed by atoms with Crippen LogP contribution >= 0.6 is 11.6 Å². The molecule has 0 atom stereocenters. The van der Waals surface area contributed by atoms with Gasteiger partial charge in [0.05, 0.1) is 17.0 Å². The molecule has 3 heterocycles. The molecular weight excluding hydrogens is 469 g/mol. The van der Waals surface area contributed by atoms with Crippen LogP contribution in [-0.4, -0.2) is 34.6 Å². The summed E-state index contributed by atoms with van der Waals surface area (Å²) in [6.07, 6.45) is 3.76. The van der Waals surface area contributed by atoms with E-state index in [1.807, 2.05) is 18.5 Å². The van der Waals surface area contributed by atoms with E-state index in [2.05, 4.69) is 20.4 Å². The zero-order chi connectivity index (χ0) is 24.9. The first-order chi connectivity index (χ1) is 16.6. The third kappa shape index (κ3) is 4.66. The largest absolute Gasteiger partial charge is 0.386 e. The van der Waals surface area contributed by atoms with Gasteiger partial charge >= 0.3 is 0 Å². The number of halogens is 2. The second kappa shape index (κ2) is 8.73. The van der Waals surface area contributed by atoms with Crippen molar-refractivity contribution in [1.29, 1.82) is 0 Å². The summed E-state index contributed by atoms with van der Waals surface area (Å²) >= 11 is 6.79. The molecule has 0 aliphatic heterocycles. The Labute approximate surface area is 207 Å². The fraction of sp³-hybridized carbons (Fsp3) is 0.360. The molecule has 182 valence electrons. The van der Waals surface area contributed by atoms with Crippen molar-refractivity contribution in [1.82, 2.24) is 29.5 Å². The predicted molar refractivity (Wildman–Crippen MR) is 133 cm³/mol. The van der Waals surface area contributed by atoms with E-state index >= 15 is 0 Å². The zero-order valence-electron chi connectivity index (χ0n) is 20.0. The third-order valence-corrected chi connectivity index (χ3v) is 6.52. The highest BCUT2D eigenvalue weighted by atomic mass is 35.5. The molecule has 4 aromatic rings. The molecule has 10 heteroatoms. The maximum absolute atomic E-state index is 13.5. The molecule has 1 aliphatic rings. The van der Waals surface area contributed by atoms with E-state index in [0.29, 0.717) is 28.4 Å². The first kappa shape index (κ1) is 23.4. The van der Waals surface area contributed by atoms with Crippen molar-refractivity contribution in [3.63, 3.8) is 0 Å². The Kier molecular flexibility index (Phi) is 5.85. The van der Waals surface area contributed by atoms with E-state index in [-0.39, 0.29) is 5.82 Å². The van der Waals surface area contributed by atoms with Crippen LogP contribution in [0.25, 0.3) is 17.1 Å². The summed E-state index contributed by atoms with van der Waals surface area (Å²) in [5.74, 6) is 1.77. The summed E-state index contributed by atoms with van der Waals surface area (Å²) in [5.41, 5.74) is 2.79. The maximum Gasteiger partial charge on any atom is 0.173 e. The Morgan fingerprint density at radius 2 is 1.86 bits per heavy atom. The van der Waals surface area contributed by atoms with Crippen molar-refractivity contribution < 1.29 is 9.50 Å². The average molecular weight is 496 g/mol. The lowest BCUT2D eigenvalue weighted by atomic mass is 9.96. The van der Waals surface area contributed by atoms with Crippen LogP contribution in [0.1, 0.15) is 43.6 Å². The van der Waals surface area contributed by atoms with Crippen LogP contribution in [-0.2, 0) is 12.1 Å². The lowest BCUT2D eigenvalue weighted by Crippen LogP contribution is -2.18. The standard InChI is InChI=1S/C25H27ClFN7O/c1-14-21(25(3,4)35)15(2)34(31-14)20-11-19(28-13-29-20)30-24-22(26)23(17-7-9-18(27)10-8-17)33(32-24)12-16-5-6-16/h7-11,13,16,35H,5-6,12H2,1-4H3,(H,28,29,30,32). The van der Waals surface area contributed by atoms with Gasteiger partial charge in [-0.2, -0.15) is 10.2 Å². The highest BCUT2D eigenvalue weighted by Gasteiger charge is 2.28. The molecule has 0 amide bonds. The molecule has 2 N–H and O–H groups in total. The summed E-state index contributed by atoms with van der Waals surface area (Å²) < 4.78 is 17.1. The van der Waals surface area contributed by atoms with Gasteiger partial charge in [0.25, 0.3) is 0 Å². The monoisotopic (exact) mass is 495 g/mol. The Balaban J connectivity index is 1.50. The average Bonchev–Trinajstić information content (AvgIpc) is 3.48. The van der Waals surface area contributed by atoms with E-state index < -0.39 is 5.60 Å². The molecule has 1 aromatic carbocycles.